The highest BCUT2D eigenvalue weighted by atomic mass is 16.5. The van der Waals surface area contributed by atoms with Crippen molar-refractivity contribution in [3.63, 3.8) is 0 Å². The van der Waals surface area contributed by atoms with Crippen LogP contribution in [0.4, 0.5) is 4.79 Å². The Bertz CT molecular complexity index is 899. The summed E-state index contributed by atoms with van der Waals surface area (Å²) in [6.45, 7) is 3.56. The molecule has 30 heavy (non-hydrogen) atoms. The summed E-state index contributed by atoms with van der Waals surface area (Å²) in [5.41, 5.74) is 3.73. The minimum Gasteiger partial charge on any atom is -0.497 e. The number of urea groups is 1. The van der Waals surface area contributed by atoms with Gasteiger partial charge in [0.15, 0.2) is 0 Å². The van der Waals surface area contributed by atoms with Gasteiger partial charge in [0, 0.05) is 18.6 Å². The molecule has 0 aromatic heterocycles. The minimum atomic E-state index is -0.118. The van der Waals surface area contributed by atoms with Crippen LogP contribution in [0.3, 0.4) is 0 Å². The maximum Gasteiger partial charge on any atom is 0.318 e. The highest BCUT2D eigenvalue weighted by molar-refractivity contribution is 5.78. The van der Waals surface area contributed by atoms with E-state index in [2.05, 4.69) is 55.5 Å². The third-order valence-electron chi connectivity index (χ3n) is 7.13. The van der Waals surface area contributed by atoms with E-state index in [4.69, 9.17) is 4.74 Å². The van der Waals surface area contributed by atoms with Crippen molar-refractivity contribution in [2.24, 2.45) is 0 Å². The highest BCUT2D eigenvalue weighted by Gasteiger charge is 2.49. The summed E-state index contributed by atoms with van der Waals surface area (Å²) < 4.78 is 5.24. The minimum absolute atomic E-state index is 0.0331. The fourth-order valence-electron chi connectivity index (χ4n) is 5.22. The first kappa shape index (κ1) is 20.7. The molecule has 0 radical (unpaired) electrons. The Labute approximate surface area is 180 Å². The van der Waals surface area contributed by atoms with Gasteiger partial charge in [-0.3, -0.25) is 4.90 Å². The lowest BCUT2D eigenvalue weighted by molar-refractivity contribution is 0.0617. The maximum atomic E-state index is 12.8. The monoisotopic (exact) mass is 407 g/mol. The molecule has 160 valence electrons. The average Bonchev–Trinajstić information content (AvgIpc) is 3.04. The van der Waals surface area contributed by atoms with Crippen LogP contribution >= 0.6 is 0 Å². The molecule has 2 fully saturated rings. The van der Waals surface area contributed by atoms with Gasteiger partial charge in [0.25, 0.3) is 0 Å². The van der Waals surface area contributed by atoms with E-state index in [-0.39, 0.29) is 17.1 Å². The zero-order chi connectivity index (χ0) is 21.4. The molecule has 1 heterocycles. The summed E-state index contributed by atoms with van der Waals surface area (Å²) >= 11 is 0. The highest BCUT2D eigenvalue weighted by Crippen LogP contribution is 2.46. The van der Waals surface area contributed by atoms with E-state index in [9.17, 15) is 4.79 Å². The van der Waals surface area contributed by atoms with E-state index in [0.29, 0.717) is 6.54 Å². The molecule has 4 rings (SSSR count). The molecule has 5 heteroatoms. The number of hydrogen-bond donors (Lipinski definition) is 1. The van der Waals surface area contributed by atoms with Crippen LogP contribution in [0.1, 0.15) is 42.4 Å². The van der Waals surface area contributed by atoms with Crippen molar-refractivity contribution in [3.05, 3.63) is 65.2 Å². The zero-order valence-corrected chi connectivity index (χ0v) is 18.6. The summed E-state index contributed by atoms with van der Waals surface area (Å²) in [7, 11) is 6.04. The van der Waals surface area contributed by atoms with Crippen molar-refractivity contribution in [2.75, 3.05) is 27.7 Å². The molecule has 2 amide bonds. The first-order valence-corrected chi connectivity index (χ1v) is 10.8. The molecular weight excluding hydrogens is 374 g/mol. The lowest BCUT2D eigenvalue weighted by atomic mass is 9.68. The number of methoxy groups -OCH3 is 1. The molecule has 2 aromatic rings. The molecule has 1 saturated heterocycles. The standard InChI is InChI=1S/C25H33N3O2/c1-19-6-5-7-21(16-19)25(27(2)3)14-12-24(13-15-25)18-28(23(29)26-24)17-20-8-10-22(30-4)11-9-20/h5-11,16H,12-15,17-18H2,1-4H3,(H,26,29). The van der Waals surface area contributed by atoms with Gasteiger partial charge in [-0.2, -0.15) is 0 Å². The number of carbonyl (C=O) groups is 1. The summed E-state index contributed by atoms with van der Waals surface area (Å²) in [6, 6.07) is 16.9. The van der Waals surface area contributed by atoms with E-state index in [1.54, 1.807) is 7.11 Å². The first-order chi connectivity index (χ1) is 14.4. The molecule has 0 bridgehead atoms. The lowest BCUT2D eigenvalue weighted by Gasteiger charge is -2.48. The number of aryl methyl sites for hydroxylation is 1. The van der Waals surface area contributed by atoms with Crippen LogP contribution < -0.4 is 10.1 Å². The molecule has 1 aliphatic carbocycles. The smallest absolute Gasteiger partial charge is 0.318 e. The second-order valence-electron chi connectivity index (χ2n) is 9.21. The number of carbonyl (C=O) groups excluding carboxylic acids is 1. The fourth-order valence-corrected chi connectivity index (χ4v) is 5.22. The summed E-state index contributed by atoms with van der Waals surface area (Å²) in [4.78, 5) is 17.1. The van der Waals surface area contributed by atoms with Crippen molar-refractivity contribution in [1.29, 1.82) is 0 Å². The normalized spacial score (nSPS) is 26.3. The number of benzene rings is 2. The van der Waals surface area contributed by atoms with Gasteiger partial charge in [0.2, 0.25) is 0 Å². The zero-order valence-electron chi connectivity index (χ0n) is 18.6. The quantitative estimate of drug-likeness (QED) is 0.804. The fraction of sp³-hybridized carbons (Fsp3) is 0.480. The average molecular weight is 408 g/mol. The molecule has 5 nitrogen and oxygen atoms in total. The number of hydrogen-bond acceptors (Lipinski definition) is 3. The Morgan fingerprint density at radius 1 is 1.07 bits per heavy atom. The predicted octanol–water partition coefficient (Wildman–Crippen LogP) is 4.30. The van der Waals surface area contributed by atoms with Crippen LogP contribution in [-0.2, 0) is 12.1 Å². The Morgan fingerprint density at radius 3 is 2.37 bits per heavy atom. The van der Waals surface area contributed by atoms with Crippen molar-refractivity contribution in [2.45, 2.75) is 50.2 Å². The molecule has 0 unspecified atom stereocenters. The third kappa shape index (κ3) is 3.79. The Morgan fingerprint density at radius 2 is 1.77 bits per heavy atom. The van der Waals surface area contributed by atoms with E-state index in [0.717, 1.165) is 43.5 Å². The number of nitrogens with one attached hydrogen (secondary N) is 1. The molecule has 1 spiro atoms. The maximum absolute atomic E-state index is 12.8. The molecule has 0 atom stereocenters. The first-order valence-electron chi connectivity index (χ1n) is 10.8. The number of amides is 2. The summed E-state index contributed by atoms with van der Waals surface area (Å²) in [5, 5.41) is 3.35. The van der Waals surface area contributed by atoms with Crippen LogP contribution in [0.5, 0.6) is 5.75 Å². The molecule has 1 aliphatic heterocycles. The predicted molar refractivity (Wildman–Crippen MR) is 120 cm³/mol. The van der Waals surface area contributed by atoms with E-state index in [1.165, 1.54) is 11.1 Å². The van der Waals surface area contributed by atoms with Gasteiger partial charge in [0.1, 0.15) is 5.75 Å². The Hall–Kier alpha value is -2.53. The van der Waals surface area contributed by atoms with E-state index in [1.807, 2.05) is 29.2 Å². The second kappa shape index (κ2) is 7.95. The van der Waals surface area contributed by atoms with Gasteiger partial charge in [0.05, 0.1) is 12.6 Å². The van der Waals surface area contributed by atoms with Crippen LogP contribution in [0.15, 0.2) is 48.5 Å². The van der Waals surface area contributed by atoms with Gasteiger partial charge in [-0.25, -0.2) is 4.79 Å². The number of rotatable bonds is 5. The van der Waals surface area contributed by atoms with Gasteiger partial charge in [-0.05, 0) is 70.0 Å². The van der Waals surface area contributed by atoms with Crippen LogP contribution in [0.2, 0.25) is 0 Å². The third-order valence-corrected chi connectivity index (χ3v) is 7.13. The van der Waals surface area contributed by atoms with Crippen molar-refractivity contribution >= 4 is 6.03 Å². The van der Waals surface area contributed by atoms with Crippen LogP contribution in [0, 0.1) is 6.92 Å². The van der Waals surface area contributed by atoms with Crippen molar-refractivity contribution < 1.29 is 9.53 Å². The second-order valence-corrected chi connectivity index (χ2v) is 9.21. The van der Waals surface area contributed by atoms with Crippen LogP contribution in [0.25, 0.3) is 0 Å². The summed E-state index contributed by atoms with van der Waals surface area (Å²) in [5.74, 6) is 0.838. The molecule has 2 aromatic carbocycles. The van der Waals surface area contributed by atoms with Gasteiger partial charge < -0.3 is 15.0 Å². The largest absolute Gasteiger partial charge is 0.497 e. The Balaban J connectivity index is 1.47. The van der Waals surface area contributed by atoms with Crippen molar-refractivity contribution in [1.82, 2.24) is 15.1 Å². The lowest BCUT2D eigenvalue weighted by Crippen LogP contribution is -2.54. The van der Waals surface area contributed by atoms with E-state index < -0.39 is 0 Å². The number of ether oxygens (including phenoxy) is 1. The SMILES string of the molecule is COc1ccc(CN2CC3(CCC(c4cccc(C)c4)(N(C)C)CC3)NC2=O)cc1. The van der Waals surface area contributed by atoms with Crippen LogP contribution in [-0.4, -0.2) is 49.1 Å². The topological polar surface area (TPSA) is 44.8 Å². The molecular formula is C25H33N3O2. The van der Waals surface area contributed by atoms with Gasteiger partial charge in [-0.15, -0.1) is 0 Å². The molecule has 2 aliphatic rings. The summed E-state index contributed by atoms with van der Waals surface area (Å²) in [6.07, 6.45) is 4.06. The number of nitrogens with zero attached hydrogens (tertiary/aromatic N) is 2. The van der Waals surface area contributed by atoms with Gasteiger partial charge in [-0.1, -0.05) is 42.0 Å². The van der Waals surface area contributed by atoms with Crippen molar-refractivity contribution in [3.8, 4) is 5.75 Å². The Kier molecular flexibility index (Phi) is 5.49. The molecule has 1 saturated carbocycles. The van der Waals surface area contributed by atoms with E-state index >= 15 is 0 Å². The molecule has 1 N–H and O–H groups in total. The van der Waals surface area contributed by atoms with Gasteiger partial charge >= 0.3 is 6.03 Å².